The Labute approximate surface area is 147 Å². The second kappa shape index (κ2) is 7.36. The van der Waals surface area contributed by atoms with Crippen molar-refractivity contribution in [2.75, 3.05) is 0 Å². The Balaban J connectivity index is 1.68. The Morgan fingerprint density at radius 1 is 1.08 bits per heavy atom. The molecule has 0 spiro atoms. The Bertz CT molecular complexity index is 891. The summed E-state index contributed by atoms with van der Waals surface area (Å²) >= 11 is 1.33. The molecule has 0 aliphatic rings. The molecule has 1 atom stereocenters. The minimum atomic E-state index is -0.986. The van der Waals surface area contributed by atoms with Crippen LogP contribution in [0.25, 0.3) is 10.6 Å². The molecule has 0 aliphatic carbocycles. The first-order valence-electron chi connectivity index (χ1n) is 7.56. The van der Waals surface area contributed by atoms with Crippen LogP contribution in [0.5, 0.6) is 0 Å². The average molecular weight is 355 g/mol. The highest BCUT2D eigenvalue weighted by Crippen LogP contribution is 2.23. The van der Waals surface area contributed by atoms with Crippen LogP contribution in [-0.4, -0.2) is 22.8 Å². The zero-order valence-electron chi connectivity index (χ0n) is 13.3. The maximum absolute atomic E-state index is 12.9. The summed E-state index contributed by atoms with van der Waals surface area (Å²) in [5, 5.41) is 2.30. The minimum absolute atomic E-state index is 0.155. The van der Waals surface area contributed by atoms with Crippen molar-refractivity contribution < 1.29 is 18.7 Å². The van der Waals surface area contributed by atoms with E-state index in [4.69, 9.17) is 4.74 Å². The number of thiazole rings is 1. The van der Waals surface area contributed by atoms with Crippen molar-refractivity contribution in [3.05, 3.63) is 77.1 Å². The predicted molar refractivity (Wildman–Crippen MR) is 93.2 cm³/mol. The summed E-state index contributed by atoms with van der Waals surface area (Å²) in [5.41, 5.74) is 1.34. The third-order valence-corrected chi connectivity index (χ3v) is 4.41. The first-order chi connectivity index (χ1) is 12.0. The van der Waals surface area contributed by atoms with Crippen LogP contribution in [0.1, 0.15) is 27.8 Å². The Hall–Kier alpha value is -2.86. The molecular formula is C19H14FNO3S. The van der Waals surface area contributed by atoms with E-state index in [1.165, 1.54) is 42.5 Å². The number of ether oxygens (including phenoxy) is 1. The van der Waals surface area contributed by atoms with E-state index in [1.807, 2.05) is 30.3 Å². The van der Waals surface area contributed by atoms with E-state index in [9.17, 15) is 14.0 Å². The lowest BCUT2D eigenvalue weighted by molar-refractivity contribution is 0.0314. The van der Waals surface area contributed by atoms with Gasteiger partial charge in [-0.05, 0) is 31.2 Å². The van der Waals surface area contributed by atoms with Gasteiger partial charge in [-0.1, -0.05) is 30.3 Å². The quantitative estimate of drug-likeness (QED) is 0.503. The lowest BCUT2D eigenvalue weighted by atomic mass is 10.1. The summed E-state index contributed by atoms with van der Waals surface area (Å²) < 4.78 is 18.1. The van der Waals surface area contributed by atoms with Gasteiger partial charge in [-0.15, -0.1) is 11.3 Å². The molecule has 0 aliphatic heterocycles. The van der Waals surface area contributed by atoms with E-state index in [1.54, 1.807) is 5.38 Å². The summed E-state index contributed by atoms with van der Waals surface area (Å²) in [6, 6.07) is 14.6. The van der Waals surface area contributed by atoms with Gasteiger partial charge in [0.2, 0.25) is 5.78 Å². The molecular weight excluding hydrogens is 341 g/mol. The molecule has 0 radical (unpaired) electrons. The van der Waals surface area contributed by atoms with E-state index in [-0.39, 0.29) is 11.3 Å². The minimum Gasteiger partial charge on any atom is -0.450 e. The van der Waals surface area contributed by atoms with Gasteiger partial charge in [0.15, 0.2) is 11.8 Å². The normalized spacial score (nSPS) is 11.8. The Kier molecular flexibility index (Phi) is 5.00. The summed E-state index contributed by atoms with van der Waals surface area (Å²) in [6.45, 7) is 1.48. The molecule has 0 saturated heterocycles. The van der Waals surface area contributed by atoms with E-state index in [0.29, 0.717) is 5.01 Å². The molecule has 1 aromatic heterocycles. The van der Waals surface area contributed by atoms with Gasteiger partial charge in [0, 0.05) is 16.5 Å². The number of nitrogens with zero attached hydrogens (tertiary/aromatic N) is 1. The monoisotopic (exact) mass is 355 g/mol. The maximum Gasteiger partial charge on any atom is 0.358 e. The van der Waals surface area contributed by atoms with Crippen LogP contribution >= 0.6 is 11.3 Å². The molecule has 4 nitrogen and oxygen atoms in total. The molecule has 0 N–H and O–H groups in total. The molecule has 0 fully saturated rings. The first kappa shape index (κ1) is 17.0. The molecule has 6 heteroatoms. The first-order valence-corrected chi connectivity index (χ1v) is 8.44. The maximum atomic E-state index is 12.9. The summed E-state index contributed by atoms with van der Waals surface area (Å²) in [7, 11) is 0. The molecule has 2 aromatic carbocycles. The number of Topliss-reactive ketones (excluding diaryl/α,β-unsaturated/α-hetero) is 1. The van der Waals surface area contributed by atoms with Crippen LogP contribution in [-0.2, 0) is 4.74 Å². The second-order valence-corrected chi connectivity index (χ2v) is 6.18. The molecule has 25 heavy (non-hydrogen) atoms. The van der Waals surface area contributed by atoms with Crippen molar-refractivity contribution >= 4 is 23.1 Å². The fourth-order valence-corrected chi connectivity index (χ4v) is 3.00. The topological polar surface area (TPSA) is 56.3 Å². The van der Waals surface area contributed by atoms with Gasteiger partial charge in [0.1, 0.15) is 10.8 Å². The average Bonchev–Trinajstić information content (AvgIpc) is 3.13. The van der Waals surface area contributed by atoms with E-state index in [2.05, 4.69) is 4.98 Å². The van der Waals surface area contributed by atoms with E-state index >= 15 is 0 Å². The van der Waals surface area contributed by atoms with Gasteiger partial charge in [-0.2, -0.15) is 0 Å². The Morgan fingerprint density at radius 2 is 1.76 bits per heavy atom. The zero-order valence-corrected chi connectivity index (χ0v) is 14.1. The number of carbonyl (C=O) groups is 2. The van der Waals surface area contributed by atoms with Gasteiger partial charge in [-0.25, -0.2) is 14.2 Å². The van der Waals surface area contributed by atoms with Gasteiger partial charge >= 0.3 is 5.97 Å². The molecule has 126 valence electrons. The van der Waals surface area contributed by atoms with Crippen LogP contribution in [0.4, 0.5) is 4.39 Å². The molecule has 3 rings (SSSR count). The molecule has 0 saturated carbocycles. The largest absolute Gasteiger partial charge is 0.450 e. The van der Waals surface area contributed by atoms with Gasteiger partial charge < -0.3 is 4.74 Å². The van der Waals surface area contributed by atoms with Crippen molar-refractivity contribution in [2.45, 2.75) is 13.0 Å². The molecule has 0 amide bonds. The third kappa shape index (κ3) is 3.97. The predicted octanol–water partition coefficient (Wildman–Crippen LogP) is 4.38. The van der Waals surface area contributed by atoms with Crippen molar-refractivity contribution in [1.82, 2.24) is 4.98 Å². The molecule has 1 heterocycles. The van der Waals surface area contributed by atoms with Crippen molar-refractivity contribution in [2.24, 2.45) is 0 Å². The number of benzene rings is 2. The molecule has 0 unspecified atom stereocenters. The number of aromatic nitrogens is 1. The SMILES string of the molecule is C[C@H](OC(=O)c1csc(-c2ccccc2)n1)C(=O)c1ccc(F)cc1. The van der Waals surface area contributed by atoms with Gasteiger partial charge in [-0.3, -0.25) is 4.79 Å². The smallest absolute Gasteiger partial charge is 0.358 e. The summed E-state index contributed by atoms with van der Waals surface area (Å²) in [4.78, 5) is 28.7. The molecule has 0 bridgehead atoms. The van der Waals surface area contributed by atoms with Crippen molar-refractivity contribution in [1.29, 1.82) is 0 Å². The number of halogens is 1. The van der Waals surface area contributed by atoms with Crippen LogP contribution in [0.2, 0.25) is 0 Å². The highest BCUT2D eigenvalue weighted by atomic mass is 32.1. The number of hydrogen-bond acceptors (Lipinski definition) is 5. The summed E-state index contributed by atoms with van der Waals surface area (Å²) in [6.07, 6.45) is -0.986. The Morgan fingerprint density at radius 3 is 2.44 bits per heavy atom. The highest BCUT2D eigenvalue weighted by Gasteiger charge is 2.22. The van der Waals surface area contributed by atoms with Crippen LogP contribution in [0.15, 0.2) is 60.0 Å². The lowest BCUT2D eigenvalue weighted by Crippen LogP contribution is -2.24. The molecule has 3 aromatic rings. The van der Waals surface area contributed by atoms with Crippen LogP contribution in [0.3, 0.4) is 0 Å². The third-order valence-electron chi connectivity index (χ3n) is 3.52. The number of esters is 1. The number of hydrogen-bond donors (Lipinski definition) is 0. The van der Waals surface area contributed by atoms with Crippen molar-refractivity contribution in [3.8, 4) is 10.6 Å². The number of ketones is 1. The van der Waals surface area contributed by atoms with Crippen molar-refractivity contribution in [3.63, 3.8) is 0 Å². The zero-order chi connectivity index (χ0) is 17.8. The standard InChI is InChI=1S/C19H14FNO3S/c1-12(17(22)13-7-9-15(20)10-8-13)24-19(23)16-11-25-18(21-16)14-5-3-2-4-6-14/h2-12H,1H3/t12-/m0/s1. The lowest BCUT2D eigenvalue weighted by Gasteiger charge is -2.11. The number of carbonyl (C=O) groups excluding carboxylic acids is 2. The fraction of sp³-hybridized carbons (Fsp3) is 0.105. The fourth-order valence-electron chi connectivity index (χ4n) is 2.20. The van der Waals surface area contributed by atoms with E-state index in [0.717, 1.165) is 5.56 Å². The second-order valence-electron chi connectivity index (χ2n) is 5.32. The van der Waals surface area contributed by atoms with Crippen LogP contribution in [0, 0.1) is 5.82 Å². The number of rotatable bonds is 5. The summed E-state index contributed by atoms with van der Waals surface area (Å²) in [5.74, 6) is -1.50. The van der Waals surface area contributed by atoms with Gasteiger partial charge in [0.05, 0.1) is 0 Å². The van der Waals surface area contributed by atoms with Crippen LogP contribution < -0.4 is 0 Å². The highest BCUT2D eigenvalue weighted by molar-refractivity contribution is 7.13. The van der Waals surface area contributed by atoms with Gasteiger partial charge in [0.25, 0.3) is 0 Å². The van der Waals surface area contributed by atoms with E-state index < -0.39 is 23.7 Å².